The van der Waals surface area contributed by atoms with Crippen LogP contribution in [0.1, 0.15) is 53.8 Å². The van der Waals surface area contributed by atoms with Gasteiger partial charge in [0.05, 0.1) is 27.5 Å². The van der Waals surface area contributed by atoms with Crippen LogP contribution in [0, 0.1) is 12.8 Å². The van der Waals surface area contributed by atoms with Gasteiger partial charge in [-0.2, -0.15) is 5.10 Å². The van der Waals surface area contributed by atoms with Crippen molar-refractivity contribution in [3.05, 3.63) is 45.7 Å². The van der Waals surface area contributed by atoms with Gasteiger partial charge in [0.2, 0.25) is 0 Å². The van der Waals surface area contributed by atoms with Crippen molar-refractivity contribution in [2.45, 2.75) is 46.2 Å². The molecule has 1 fully saturated rings. The van der Waals surface area contributed by atoms with Gasteiger partial charge in [0.1, 0.15) is 10.2 Å². The number of carbonyl (C=O) groups is 1. The third-order valence-corrected chi connectivity index (χ3v) is 6.45. The number of likely N-dealkylation sites (tertiary alicyclic amines) is 1. The number of rotatable bonds is 4. The molecule has 1 aromatic carbocycles. The Hall–Kier alpha value is -1.92. The Morgan fingerprint density at radius 2 is 2.15 bits per heavy atom. The number of carbonyl (C=O) groups excluding carboxylic acids is 1. The van der Waals surface area contributed by atoms with E-state index in [4.69, 9.17) is 16.6 Å². The first-order valence-electron chi connectivity index (χ1n) is 9.35. The minimum Gasteiger partial charge on any atom is -0.329 e. The van der Waals surface area contributed by atoms with Crippen LogP contribution >= 0.6 is 22.9 Å². The van der Waals surface area contributed by atoms with Gasteiger partial charge in [-0.1, -0.05) is 37.6 Å². The fraction of sp³-hybridized carbons (Fsp3) is 0.450. The number of benzene rings is 1. The standard InChI is InChI=1S/C20H23ClN4OS/c1-12(2)11-25-18(21)17(13(3)23-25)20(26)24-10-6-8-15(24)19-22-14-7-4-5-9-16(14)27-19/h4-5,7,9,12,15H,6,8,10-11H2,1-3H3/t15-/m0/s1. The minimum absolute atomic E-state index is 0.0128. The topological polar surface area (TPSA) is 51.0 Å². The summed E-state index contributed by atoms with van der Waals surface area (Å²) in [5, 5.41) is 5.95. The number of aryl methyl sites for hydroxylation is 1. The van der Waals surface area contributed by atoms with Gasteiger partial charge in [-0.25, -0.2) is 4.98 Å². The van der Waals surface area contributed by atoms with Crippen LogP contribution in [0.15, 0.2) is 24.3 Å². The number of amides is 1. The first kappa shape index (κ1) is 18.4. The molecule has 142 valence electrons. The molecule has 1 aliphatic rings. The Kier molecular flexibility index (Phi) is 4.95. The van der Waals surface area contributed by atoms with E-state index in [0.29, 0.717) is 28.9 Å². The summed E-state index contributed by atoms with van der Waals surface area (Å²) in [5.41, 5.74) is 2.22. The van der Waals surface area contributed by atoms with E-state index >= 15 is 0 Å². The van der Waals surface area contributed by atoms with E-state index in [0.717, 1.165) is 34.6 Å². The highest BCUT2D eigenvalue weighted by Crippen LogP contribution is 2.38. The summed E-state index contributed by atoms with van der Waals surface area (Å²) in [4.78, 5) is 20.1. The van der Waals surface area contributed by atoms with E-state index in [-0.39, 0.29) is 11.9 Å². The van der Waals surface area contributed by atoms with Crippen molar-refractivity contribution < 1.29 is 4.79 Å². The number of aromatic nitrogens is 3. The monoisotopic (exact) mass is 402 g/mol. The number of hydrogen-bond acceptors (Lipinski definition) is 4. The quantitative estimate of drug-likeness (QED) is 0.610. The molecule has 0 unspecified atom stereocenters. The van der Waals surface area contributed by atoms with Crippen LogP contribution in [0.3, 0.4) is 0 Å². The molecular formula is C20H23ClN4OS. The second-order valence-electron chi connectivity index (χ2n) is 7.50. The Morgan fingerprint density at radius 1 is 1.37 bits per heavy atom. The van der Waals surface area contributed by atoms with Gasteiger partial charge in [0.25, 0.3) is 5.91 Å². The maximum atomic E-state index is 13.4. The molecule has 0 N–H and O–H groups in total. The Labute approximate surface area is 168 Å². The highest BCUT2D eigenvalue weighted by atomic mass is 35.5. The Morgan fingerprint density at radius 3 is 2.89 bits per heavy atom. The lowest BCUT2D eigenvalue weighted by atomic mass is 10.2. The van der Waals surface area contributed by atoms with E-state index in [2.05, 4.69) is 25.0 Å². The maximum Gasteiger partial charge on any atom is 0.259 e. The van der Waals surface area contributed by atoms with Crippen molar-refractivity contribution in [3.8, 4) is 0 Å². The van der Waals surface area contributed by atoms with Crippen molar-refractivity contribution in [2.75, 3.05) is 6.54 Å². The summed E-state index contributed by atoms with van der Waals surface area (Å²) < 4.78 is 2.91. The highest BCUT2D eigenvalue weighted by Gasteiger charge is 2.35. The molecule has 27 heavy (non-hydrogen) atoms. The molecule has 1 atom stereocenters. The molecule has 0 bridgehead atoms. The largest absolute Gasteiger partial charge is 0.329 e. The molecule has 0 saturated carbocycles. The number of hydrogen-bond donors (Lipinski definition) is 0. The average Bonchev–Trinajstić information content (AvgIpc) is 3.32. The van der Waals surface area contributed by atoms with Gasteiger partial charge in [0, 0.05) is 13.1 Å². The lowest BCUT2D eigenvalue weighted by Gasteiger charge is -2.23. The molecule has 2 aromatic heterocycles. The van der Waals surface area contributed by atoms with E-state index in [9.17, 15) is 4.79 Å². The normalized spacial score (nSPS) is 17.4. The van der Waals surface area contributed by atoms with Crippen LogP contribution in [0.2, 0.25) is 5.15 Å². The Bertz CT molecular complexity index is 960. The number of halogens is 1. The molecule has 7 heteroatoms. The van der Waals surface area contributed by atoms with Crippen molar-refractivity contribution in [3.63, 3.8) is 0 Å². The van der Waals surface area contributed by atoms with Crippen LogP contribution < -0.4 is 0 Å². The number of fused-ring (bicyclic) bond motifs is 1. The van der Waals surface area contributed by atoms with Gasteiger partial charge in [-0.05, 0) is 37.8 Å². The number of para-hydroxylation sites is 1. The van der Waals surface area contributed by atoms with E-state index in [1.54, 1.807) is 16.0 Å². The summed E-state index contributed by atoms with van der Waals surface area (Å²) in [5.74, 6) is 0.376. The van der Waals surface area contributed by atoms with Gasteiger partial charge < -0.3 is 4.90 Å². The smallest absolute Gasteiger partial charge is 0.259 e. The fourth-order valence-electron chi connectivity index (χ4n) is 3.71. The Balaban J connectivity index is 1.66. The minimum atomic E-state index is -0.0331. The summed E-state index contributed by atoms with van der Waals surface area (Å²) in [6.07, 6.45) is 1.91. The fourth-order valence-corrected chi connectivity index (χ4v) is 5.15. The SMILES string of the molecule is Cc1nn(CC(C)C)c(Cl)c1C(=O)N1CCC[C@H]1c1nc2ccccc2s1. The molecule has 1 aliphatic heterocycles. The van der Waals surface area contributed by atoms with Crippen LogP contribution in [-0.2, 0) is 6.54 Å². The molecular weight excluding hydrogens is 380 g/mol. The maximum absolute atomic E-state index is 13.4. The first-order chi connectivity index (χ1) is 13.0. The summed E-state index contributed by atoms with van der Waals surface area (Å²) in [7, 11) is 0. The van der Waals surface area contributed by atoms with Crippen molar-refractivity contribution >= 4 is 39.1 Å². The van der Waals surface area contributed by atoms with Crippen LogP contribution in [0.25, 0.3) is 10.2 Å². The summed E-state index contributed by atoms with van der Waals surface area (Å²) in [6.45, 7) is 7.51. The van der Waals surface area contributed by atoms with Gasteiger partial charge >= 0.3 is 0 Å². The van der Waals surface area contributed by atoms with Crippen LogP contribution in [-0.4, -0.2) is 32.1 Å². The number of nitrogens with zero attached hydrogens (tertiary/aromatic N) is 4. The van der Waals surface area contributed by atoms with Crippen LogP contribution in [0.4, 0.5) is 0 Å². The molecule has 3 heterocycles. The lowest BCUT2D eigenvalue weighted by Crippen LogP contribution is -2.31. The molecule has 0 radical (unpaired) electrons. The lowest BCUT2D eigenvalue weighted by molar-refractivity contribution is 0.0735. The highest BCUT2D eigenvalue weighted by molar-refractivity contribution is 7.18. The first-order valence-corrected chi connectivity index (χ1v) is 10.5. The van der Waals surface area contributed by atoms with Crippen LogP contribution in [0.5, 0.6) is 0 Å². The zero-order chi connectivity index (χ0) is 19.1. The zero-order valence-electron chi connectivity index (χ0n) is 15.8. The van der Waals surface area contributed by atoms with E-state index < -0.39 is 0 Å². The average molecular weight is 403 g/mol. The van der Waals surface area contributed by atoms with Gasteiger partial charge in [0.15, 0.2) is 0 Å². The second kappa shape index (κ2) is 7.24. The summed E-state index contributed by atoms with van der Waals surface area (Å²) >= 11 is 8.22. The van der Waals surface area contributed by atoms with Gasteiger partial charge in [-0.15, -0.1) is 11.3 Å². The number of thiazole rings is 1. The molecule has 3 aromatic rings. The van der Waals surface area contributed by atoms with Crippen molar-refractivity contribution in [1.29, 1.82) is 0 Å². The molecule has 1 saturated heterocycles. The van der Waals surface area contributed by atoms with Crippen molar-refractivity contribution in [2.24, 2.45) is 5.92 Å². The third-order valence-electron chi connectivity index (χ3n) is 4.93. The predicted octanol–water partition coefficient (Wildman–Crippen LogP) is 5.09. The van der Waals surface area contributed by atoms with Gasteiger partial charge in [-0.3, -0.25) is 9.48 Å². The van der Waals surface area contributed by atoms with E-state index in [1.165, 1.54) is 0 Å². The molecule has 1 amide bonds. The third kappa shape index (κ3) is 3.36. The predicted molar refractivity (Wildman–Crippen MR) is 109 cm³/mol. The molecule has 0 aliphatic carbocycles. The zero-order valence-corrected chi connectivity index (χ0v) is 17.3. The second-order valence-corrected chi connectivity index (χ2v) is 8.92. The van der Waals surface area contributed by atoms with E-state index in [1.807, 2.05) is 30.0 Å². The molecule has 4 rings (SSSR count). The summed E-state index contributed by atoms with van der Waals surface area (Å²) in [6, 6.07) is 8.13. The van der Waals surface area contributed by atoms with Crippen molar-refractivity contribution in [1.82, 2.24) is 19.7 Å². The molecule has 0 spiro atoms. The molecule has 5 nitrogen and oxygen atoms in total.